The maximum Gasteiger partial charge on any atom is 0.387 e. The number of thioether (sulfide) groups is 1. The third-order valence-corrected chi connectivity index (χ3v) is 4.87. The molecule has 0 radical (unpaired) electrons. The first-order valence-electron chi connectivity index (χ1n) is 8.88. The number of anilines is 1. The van der Waals surface area contributed by atoms with E-state index in [-0.39, 0.29) is 16.9 Å². The number of nitrogens with zero attached hydrogens (tertiary/aromatic N) is 2. The van der Waals surface area contributed by atoms with Gasteiger partial charge in [0.05, 0.1) is 12.8 Å². The lowest BCUT2D eigenvalue weighted by atomic mass is 10.2. The van der Waals surface area contributed by atoms with Crippen LogP contribution in [-0.4, -0.2) is 30.0 Å². The van der Waals surface area contributed by atoms with E-state index >= 15 is 0 Å². The number of aliphatic imine (C=N–C) groups is 1. The highest BCUT2D eigenvalue weighted by atomic mass is 32.2. The number of alkyl halides is 2. The molecule has 0 saturated heterocycles. The first-order valence-corrected chi connectivity index (χ1v) is 9.76. The monoisotopic (exact) mass is 418 g/mol. The van der Waals surface area contributed by atoms with E-state index in [0.717, 1.165) is 11.3 Å². The molecular formula is C21H20F2N2O3S. The lowest BCUT2D eigenvalue weighted by molar-refractivity contribution is -0.113. The van der Waals surface area contributed by atoms with Gasteiger partial charge in [0.1, 0.15) is 17.2 Å². The van der Waals surface area contributed by atoms with Crippen LogP contribution in [0.15, 0.2) is 59.2 Å². The van der Waals surface area contributed by atoms with E-state index < -0.39 is 6.61 Å². The van der Waals surface area contributed by atoms with Crippen molar-refractivity contribution in [3.63, 3.8) is 0 Å². The number of methoxy groups -OCH3 is 1. The zero-order chi connectivity index (χ0) is 21.0. The molecular weight excluding hydrogens is 398 g/mol. The van der Waals surface area contributed by atoms with Crippen LogP contribution < -0.4 is 14.4 Å². The van der Waals surface area contributed by atoms with E-state index in [1.54, 1.807) is 37.5 Å². The van der Waals surface area contributed by atoms with Gasteiger partial charge in [-0.05, 0) is 48.0 Å². The van der Waals surface area contributed by atoms with Crippen molar-refractivity contribution in [3.8, 4) is 11.5 Å². The van der Waals surface area contributed by atoms with Gasteiger partial charge in [0.2, 0.25) is 0 Å². The minimum atomic E-state index is -2.90. The number of hydrogen-bond acceptors (Lipinski definition) is 5. The Morgan fingerprint density at radius 1 is 1.03 bits per heavy atom. The van der Waals surface area contributed by atoms with Crippen LogP contribution in [0.5, 0.6) is 11.5 Å². The molecule has 2 aromatic rings. The average Bonchev–Trinajstić information content (AvgIpc) is 2.97. The Balaban J connectivity index is 1.91. The highest BCUT2D eigenvalue weighted by Crippen LogP contribution is 2.32. The van der Waals surface area contributed by atoms with Gasteiger partial charge in [-0.25, -0.2) is 4.99 Å². The Bertz CT molecular complexity index is 926. The Labute approximate surface area is 172 Å². The van der Waals surface area contributed by atoms with Crippen molar-refractivity contribution in [2.75, 3.05) is 12.0 Å². The van der Waals surface area contributed by atoms with Crippen LogP contribution in [0.4, 0.5) is 14.5 Å². The molecule has 0 saturated carbocycles. The van der Waals surface area contributed by atoms with Crippen molar-refractivity contribution in [1.29, 1.82) is 0 Å². The summed E-state index contributed by atoms with van der Waals surface area (Å²) >= 11 is 1.45. The highest BCUT2D eigenvalue weighted by Gasteiger charge is 2.32. The molecule has 0 bridgehead atoms. The first kappa shape index (κ1) is 20.9. The molecule has 0 aromatic heterocycles. The topological polar surface area (TPSA) is 51.1 Å². The van der Waals surface area contributed by atoms with Crippen LogP contribution in [0, 0.1) is 0 Å². The van der Waals surface area contributed by atoms with Crippen LogP contribution >= 0.6 is 11.8 Å². The quantitative estimate of drug-likeness (QED) is 0.607. The number of amides is 1. The van der Waals surface area contributed by atoms with E-state index in [1.807, 2.05) is 26.0 Å². The highest BCUT2D eigenvalue weighted by molar-refractivity contribution is 8.14. The van der Waals surface area contributed by atoms with Crippen LogP contribution in [0.2, 0.25) is 0 Å². The standard InChI is InChI=1S/C21H20F2N2O3S/c1-13(2)29-21-24-18(12-14-4-8-16(27-3)9-5-14)19(26)25(21)15-6-10-17(11-7-15)28-20(22)23/h4-13,20H,1-3H3/b18-12+. The molecule has 8 heteroatoms. The minimum absolute atomic E-state index is 0.0272. The fourth-order valence-corrected chi connectivity index (χ4v) is 3.51. The second-order valence-corrected chi connectivity index (χ2v) is 7.92. The lowest BCUT2D eigenvalue weighted by Crippen LogP contribution is -2.30. The SMILES string of the molecule is COc1ccc(/C=C2/N=C(SC(C)C)N(c3ccc(OC(F)F)cc3)C2=O)cc1. The van der Waals surface area contributed by atoms with Gasteiger partial charge in [-0.2, -0.15) is 8.78 Å². The van der Waals surface area contributed by atoms with Gasteiger partial charge in [-0.3, -0.25) is 9.69 Å². The van der Waals surface area contributed by atoms with Crippen molar-refractivity contribution in [2.24, 2.45) is 4.99 Å². The Hall–Kier alpha value is -2.87. The predicted octanol–water partition coefficient (Wildman–Crippen LogP) is 5.18. The van der Waals surface area contributed by atoms with Crippen molar-refractivity contribution in [3.05, 3.63) is 59.8 Å². The zero-order valence-electron chi connectivity index (χ0n) is 16.1. The summed E-state index contributed by atoms with van der Waals surface area (Å²) in [7, 11) is 1.59. The summed E-state index contributed by atoms with van der Waals surface area (Å²) < 4.78 is 34.3. The van der Waals surface area contributed by atoms with Gasteiger partial charge in [0.15, 0.2) is 5.17 Å². The first-order chi connectivity index (χ1) is 13.9. The molecule has 1 heterocycles. The molecule has 3 rings (SSSR count). The van der Waals surface area contributed by atoms with Gasteiger partial charge in [0, 0.05) is 5.25 Å². The third kappa shape index (κ3) is 5.14. The van der Waals surface area contributed by atoms with Gasteiger partial charge in [0.25, 0.3) is 5.91 Å². The summed E-state index contributed by atoms with van der Waals surface area (Å²) in [6.07, 6.45) is 1.71. The molecule has 1 aliphatic rings. The molecule has 0 spiro atoms. The second kappa shape index (κ2) is 9.09. The fourth-order valence-electron chi connectivity index (χ4n) is 2.65. The van der Waals surface area contributed by atoms with Gasteiger partial charge < -0.3 is 9.47 Å². The fraction of sp³-hybridized carbons (Fsp3) is 0.238. The summed E-state index contributed by atoms with van der Waals surface area (Å²) in [6.45, 7) is 1.10. The zero-order valence-corrected chi connectivity index (χ0v) is 17.0. The van der Waals surface area contributed by atoms with E-state index in [0.29, 0.717) is 16.6 Å². The smallest absolute Gasteiger partial charge is 0.387 e. The van der Waals surface area contributed by atoms with E-state index in [2.05, 4.69) is 9.73 Å². The molecule has 1 aliphatic heterocycles. The molecule has 29 heavy (non-hydrogen) atoms. The predicted molar refractivity (Wildman–Crippen MR) is 112 cm³/mol. The largest absolute Gasteiger partial charge is 0.497 e. The summed E-state index contributed by atoms with van der Waals surface area (Å²) in [5.74, 6) is 0.461. The molecule has 0 atom stereocenters. The average molecular weight is 418 g/mol. The number of ether oxygens (including phenoxy) is 2. The Kier molecular flexibility index (Phi) is 6.53. The van der Waals surface area contributed by atoms with Crippen molar-refractivity contribution < 1.29 is 23.0 Å². The number of halogens is 2. The third-order valence-electron chi connectivity index (χ3n) is 3.91. The summed E-state index contributed by atoms with van der Waals surface area (Å²) in [6, 6.07) is 13.2. The van der Waals surface area contributed by atoms with Crippen LogP contribution in [0.25, 0.3) is 6.08 Å². The molecule has 0 aliphatic carbocycles. The molecule has 5 nitrogen and oxygen atoms in total. The molecule has 0 N–H and O–H groups in total. The van der Waals surface area contributed by atoms with Crippen molar-refractivity contribution in [2.45, 2.75) is 25.7 Å². The number of amidine groups is 1. The molecule has 152 valence electrons. The maximum absolute atomic E-state index is 13.0. The maximum atomic E-state index is 13.0. The van der Waals surface area contributed by atoms with Crippen LogP contribution in [0.1, 0.15) is 19.4 Å². The number of hydrogen-bond donors (Lipinski definition) is 0. The van der Waals surface area contributed by atoms with Crippen LogP contribution in [0.3, 0.4) is 0 Å². The number of carbonyl (C=O) groups excluding carboxylic acids is 1. The van der Waals surface area contributed by atoms with Crippen molar-refractivity contribution >= 4 is 34.6 Å². The number of benzene rings is 2. The van der Waals surface area contributed by atoms with Crippen molar-refractivity contribution in [1.82, 2.24) is 0 Å². The Morgan fingerprint density at radius 3 is 2.21 bits per heavy atom. The molecule has 2 aromatic carbocycles. The summed E-state index contributed by atoms with van der Waals surface area (Å²) in [5, 5.41) is 0.734. The molecule has 1 amide bonds. The number of rotatable bonds is 6. The van der Waals surface area contributed by atoms with E-state index in [4.69, 9.17) is 4.74 Å². The van der Waals surface area contributed by atoms with E-state index in [9.17, 15) is 13.6 Å². The molecule has 0 fully saturated rings. The number of carbonyl (C=O) groups is 1. The summed E-state index contributed by atoms with van der Waals surface area (Å²) in [5.41, 5.74) is 1.64. The van der Waals surface area contributed by atoms with Gasteiger partial charge in [-0.1, -0.05) is 37.7 Å². The minimum Gasteiger partial charge on any atom is -0.497 e. The van der Waals surface area contributed by atoms with Gasteiger partial charge >= 0.3 is 6.61 Å². The van der Waals surface area contributed by atoms with Crippen LogP contribution in [-0.2, 0) is 4.79 Å². The second-order valence-electron chi connectivity index (χ2n) is 6.38. The Morgan fingerprint density at radius 2 is 1.66 bits per heavy atom. The van der Waals surface area contributed by atoms with Gasteiger partial charge in [-0.15, -0.1) is 0 Å². The lowest BCUT2D eigenvalue weighted by Gasteiger charge is -2.19. The molecule has 0 unspecified atom stereocenters. The normalized spacial score (nSPS) is 15.4. The summed E-state index contributed by atoms with van der Waals surface area (Å²) in [4.78, 5) is 19.0. The van der Waals surface area contributed by atoms with E-state index in [1.165, 1.54) is 28.8 Å².